The van der Waals surface area contributed by atoms with Crippen LogP contribution in [0.4, 0.5) is 15.8 Å². The molecule has 1 atom stereocenters. The SMILES string of the molecule is O=C(COC(=O)C[C@H]1Sc2ccccc2NC1=O)Nc1ccc(F)cc1Cl. The number of nitrogens with one attached hydrogen (secondary N) is 2. The normalized spacial score (nSPS) is 15.5. The first-order chi connectivity index (χ1) is 12.9. The number of fused-ring (bicyclic) bond motifs is 1. The number of carbonyl (C=O) groups is 3. The van der Waals surface area contributed by atoms with E-state index in [2.05, 4.69) is 10.6 Å². The van der Waals surface area contributed by atoms with Gasteiger partial charge in [0.2, 0.25) is 5.91 Å². The number of benzene rings is 2. The molecule has 0 aliphatic carbocycles. The number of hydrogen-bond donors (Lipinski definition) is 2. The summed E-state index contributed by atoms with van der Waals surface area (Å²) in [4.78, 5) is 36.7. The molecule has 2 N–H and O–H groups in total. The zero-order valence-electron chi connectivity index (χ0n) is 13.8. The Morgan fingerprint density at radius 2 is 2.04 bits per heavy atom. The molecule has 2 aromatic rings. The van der Waals surface area contributed by atoms with Gasteiger partial charge in [-0.25, -0.2) is 4.39 Å². The third kappa shape index (κ3) is 4.99. The van der Waals surface area contributed by atoms with Crippen LogP contribution in [0.2, 0.25) is 5.02 Å². The number of ether oxygens (including phenoxy) is 1. The summed E-state index contributed by atoms with van der Waals surface area (Å²) in [5, 5.41) is 4.54. The molecule has 1 heterocycles. The van der Waals surface area contributed by atoms with E-state index in [1.54, 1.807) is 12.1 Å². The summed E-state index contributed by atoms with van der Waals surface area (Å²) in [6, 6.07) is 10.8. The topological polar surface area (TPSA) is 84.5 Å². The second kappa shape index (κ2) is 8.41. The van der Waals surface area contributed by atoms with Gasteiger partial charge < -0.3 is 15.4 Å². The Morgan fingerprint density at radius 3 is 2.81 bits per heavy atom. The molecule has 27 heavy (non-hydrogen) atoms. The Balaban J connectivity index is 1.49. The maximum atomic E-state index is 13.0. The van der Waals surface area contributed by atoms with Crippen molar-refractivity contribution in [1.82, 2.24) is 0 Å². The molecule has 0 radical (unpaired) electrons. The Hall–Kier alpha value is -2.58. The molecule has 0 spiro atoms. The lowest BCUT2D eigenvalue weighted by Gasteiger charge is -2.23. The fourth-order valence-electron chi connectivity index (χ4n) is 2.36. The van der Waals surface area contributed by atoms with Gasteiger partial charge in [-0.05, 0) is 30.3 Å². The lowest BCUT2D eigenvalue weighted by atomic mass is 10.2. The Morgan fingerprint density at radius 1 is 1.26 bits per heavy atom. The standard InChI is InChI=1S/C18H14ClFN2O4S/c19-11-7-10(20)5-6-12(11)21-16(23)9-26-17(24)8-15-18(25)22-13-3-1-2-4-14(13)27-15/h1-7,15H,8-9H2,(H,21,23)(H,22,25)/t15-/m1/s1. The van der Waals surface area contributed by atoms with Gasteiger partial charge in [-0.3, -0.25) is 14.4 Å². The van der Waals surface area contributed by atoms with Crippen molar-refractivity contribution >= 4 is 52.5 Å². The smallest absolute Gasteiger partial charge is 0.307 e. The molecule has 140 valence electrons. The van der Waals surface area contributed by atoms with E-state index in [9.17, 15) is 18.8 Å². The fraction of sp³-hybridized carbons (Fsp3) is 0.167. The highest BCUT2D eigenvalue weighted by Gasteiger charge is 2.29. The number of halogens is 2. The van der Waals surface area contributed by atoms with Crippen molar-refractivity contribution in [2.24, 2.45) is 0 Å². The van der Waals surface area contributed by atoms with Crippen LogP contribution in [-0.2, 0) is 19.1 Å². The molecule has 0 bridgehead atoms. The molecule has 0 fully saturated rings. The predicted molar refractivity (Wildman–Crippen MR) is 100 cm³/mol. The molecule has 1 aliphatic rings. The minimum atomic E-state index is -0.678. The van der Waals surface area contributed by atoms with Gasteiger partial charge in [-0.15, -0.1) is 11.8 Å². The van der Waals surface area contributed by atoms with Crippen LogP contribution in [0.5, 0.6) is 0 Å². The maximum Gasteiger partial charge on any atom is 0.307 e. The second-order valence-corrected chi connectivity index (χ2v) is 7.28. The molecule has 3 rings (SSSR count). The number of carbonyl (C=O) groups excluding carboxylic acids is 3. The van der Waals surface area contributed by atoms with Gasteiger partial charge in [0.05, 0.1) is 28.1 Å². The molecule has 0 unspecified atom stereocenters. The highest BCUT2D eigenvalue weighted by molar-refractivity contribution is 8.01. The van der Waals surface area contributed by atoms with Crippen molar-refractivity contribution in [2.45, 2.75) is 16.6 Å². The Bertz CT molecular complexity index is 909. The second-order valence-electron chi connectivity index (χ2n) is 5.63. The van der Waals surface area contributed by atoms with Crippen molar-refractivity contribution < 1.29 is 23.5 Å². The zero-order valence-corrected chi connectivity index (χ0v) is 15.4. The summed E-state index contributed by atoms with van der Waals surface area (Å²) >= 11 is 7.08. The van der Waals surface area contributed by atoms with Gasteiger partial charge in [-0.1, -0.05) is 23.7 Å². The van der Waals surface area contributed by atoms with Crippen LogP contribution in [0.3, 0.4) is 0 Å². The van der Waals surface area contributed by atoms with Crippen molar-refractivity contribution in [1.29, 1.82) is 0 Å². The molecule has 1 aliphatic heterocycles. The molecule has 0 aromatic heterocycles. The van der Waals surface area contributed by atoms with Crippen LogP contribution in [0, 0.1) is 5.82 Å². The van der Waals surface area contributed by atoms with Crippen molar-refractivity contribution in [3.63, 3.8) is 0 Å². The van der Waals surface area contributed by atoms with Gasteiger partial charge in [0, 0.05) is 4.90 Å². The predicted octanol–water partition coefficient (Wildman–Crippen LogP) is 3.46. The summed E-state index contributed by atoms with van der Waals surface area (Å²) in [7, 11) is 0. The Kier molecular flexibility index (Phi) is 5.98. The summed E-state index contributed by atoms with van der Waals surface area (Å²) in [6.07, 6.45) is -0.171. The first-order valence-corrected chi connectivity index (χ1v) is 9.15. The molecular weight excluding hydrogens is 395 g/mol. The van der Waals surface area contributed by atoms with E-state index >= 15 is 0 Å². The molecule has 0 saturated heterocycles. The lowest BCUT2D eigenvalue weighted by molar-refractivity contribution is -0.147. The van der Waals surface area contributed by atoms with Gasteiger partial charge in [0.15, 0.2) is 6.61 Å². The van der Waals surface area contributed by atoms with Gasteiger partial charge >= 0.3 is 5.97 Å². The largest absolute Gasteiger partial charge is 0.456 e. The van der Waals surface area contributed by atoms with Crippen LogP contribution < -0.4 is 10.6 Å². The van der Waals surface area contributed by atoms with Crippen molar-refractivity contribution in [3.8, 4) is 0 Å². The van der Waals surface area contributed by atoms with Gasteiger partial charge in [0.1, 0.15) is 5.82 Å². The van der Waals surface area contributed by atoms with Crippen LogP contribution in [0.25, 0.3) is 0 Å². The summed E-state index contributed by atoms with van der Waals surface area (Å²) in [5.41, 5.74) is 0.908. The van der Waals surface area contributed by atoms with E-state index in [0.717, 1.165) is 17.0 Å². The molecule has 9 heteroatoms. The zero-order chi connectivity index (χ0) is 19.4. The molecule has 2 amide bonds. The Labute approximate surface area is 163 Å². The first kappa shape index (κ1) is 19.2. The quantitative estimate of drug-likeness (QED) is 0.740. The average molecular weight is 409 g/mol. The number of esters is 1. The van der Waals surface area contributed by atoms with E-state index in [0.29, 0.717) is 5.69 Å². The van der Waals surface area contributed by atoms with Gasteiger partial charge in [-0.2, -0.15) is 0 Å². The first-order valence-electron chi connectivity index (χ1n) is 7.89. The summed E-state index contributed by atoms with van der Waals surface area (Å²) in [6.45, 7) is -0.540. The average Bonchev–Trinajstić information content (AvgIpc) is 2.63. The summed E-state index contributed by atoms with van der Waals surface area (Å²) in [5.74, 6) is -2.13. The van der Waals surface area contributed by atoms with E-state index in [1.165, 1.54) is 17.8 Å². The van der Waals surface area contributed by atoms with Crippen LogP contribution >= 0.6 is 23.4 Å². The maximum absolute atomic E-state index is 13.0. The van der Waals surface area contributed by atoms with Crippen LogP contribution in [0.15, 0.2) is 47.4 Å². The molecule has 2 aromatic carbocycles. The van der Waals surface area contributed by atoms with E-state index in [4.69, 9.17) is 16.3 Å². The fourth-order valence-corrected chi connectivity index (χ4v) is 3.67. The minimum absolute atomic E-state index is 0.0311. The number of amides is 2. The molecule has 6 nitrogen and oxygen atoms in total. The number of thioether (sulfide) groups is 1. The van der Waals surface area contributed by atoms with E-state index in [1.807, 2.05) is 12.1 Å². The molecule has 0 saturated carbocycles. The van der Waals surface area contributed by atoms with E-state index < -0.39 is 29.6 Å². The van der Waals surface area contributed by atoms with Crippen LogP contribution in [0.1, 0.15) is 6.42 Å². The number of rotatable bonds is 5. The highest BCUT2D eigenvalue weighted by Crippen LogP contribution is 2.36. The number of para-hydroxylation sites is 1. The molecular formula is C18H14ClFN2O4S. The third-order valence-corrected chi connectivity index (χ3v) is 5.22. The van der Waals surface area contributed by atoms with Gasteiger partial charge in [0.25, 0.3) is 5.91 Å². The highest BCUT2D eigenvalue weighted by atomic mass is 35.5. The number of anilines is 2. The third-order valence-electron chi connectivity index (χ3n) is 3.63. The number of hydrogen-bond acceptors (Lipinski definition) is 5. The van der Waals surface area contributed by atoms with Crippen LogP contribution in [-0.4, -0.2) is 29.6 Å². The van der Waals surface area contributed by atoms with E-state index in [-0.39, 0.29) is 23.0 Å². The monoisotopic (exact) mass is 408 g/mol. The minimum Gasteiger partial charge on any atom is -0.456 e. The van der Waals surface area contributed by atoms with Crippen molar-refractivity contribution in [2.75, 3.05) is 17.2 Å². The summed E-state index contributed by atoms with van der Waals surface area (Å²) < 4.78 is 17.9. The van der Waals surface area contributed by atoms with Crippen molar-refractivity contribution in [3.05, 3.63) is 53.3 Å². The lowest BCUT2D eigenvalue weighted by Crippen LogP contribution is -2.32.